The number of nitrogens with one attached hydrogen (secondary N) is 2. The van der Waals surface area contributed by atoms with Crippen molar-refractivity contribution in [2.24, 2.45) is 5.92 Å². The fourth-order valence-corrected chi connectivity index (χ4v) is 2.98. The fraction of sp³-hybridized carbons (Fsp3) is 0.182. The molecule has 0 atom stereocenters. The number of aromatic nitrogens is 5. The highest BCUT2D eigenvalue weighted by atomic mass is 19.1. The van der Waals surface area contributed by atoms with Gasteiger partial charge in [-0.25, -0.2) is 24.3 Å². The van der Waals surface area contributed by atoms with Gasteiger partial charge in [0, 0.05) is 30.1 Å². The topological polar surface area (TPSA) is 126 Å². The third-order valence-electron chi connectivity index (χ3n) is 4.57. The smallest absolute Gasteiger partial charge is 0.223 e. The lowest BCUT2D eigenvalue weighted by atomic mass is 10.1. The molecule has 8 nitrogen and oxygen atoms in total. The zero-order valence-electron chi connectivity index (χ0n) is 17.1. The van der Waals surface area contributed by atoms with Crippen LogP contribution in [0.5, 0.6) is 5.75 Å². The summed E-state index contributed by atoms with van der Waals surface area (Å²) in [6, 6.07) is 9.26. The summed E-state index contributed by atoms with van der Waals surface area (Å²) < 4.78 is 13.4. The summed E-state index contributed by atoms with van der Waals surface area (Å²) in [5.74, 6) is 1.01. The van der Waals surface area contributed by atoms with Crippen LogP contribution >= 0.6 is 0 Å². The first-order valence-electron chi connectivity index (χ1n) is 9.79. The Labute approximate surface area is 178 Å². The molecule has 0 aliphatic heterocycles. The molecule has 4 aromatic rings. The number of hydrogen-bond acceptors (Lipinski definition) is 7. The van der Waals surface area contributed by atoms with Crippen LogP contribution < -0.4 is 11.1 Å². The van der Waals surface area contributed by atoms with Crippen molar-refractivity contribution in [2.45, 2.75) is 13.8 Å². The van der Waals surface area contributed by atoms with Crippen LogP contribution in [0.15, 0.2) is 48.8 Å². The number of nitrogen functional groups attached to an aromatic ring is 1. The van der Waals surface area contributed by atoms with E-state index in [1.54, 1.807) is 24.4 Å². The third-order valence-corrected chi connectivity index (χ3v) is 4.57. The lowest BCUT2D eigenvalue weighted by Gasteiger charge is -2.09. The van der Waals surface area contributed by atoms with Gasteiger partial charge in [0.05, 0.1) is 11.4 Å². The van der Waals surface area contributed by atoms with Gasteiger partial charge in [0.15, 0.2) is 11.6 Å². The maximum atomic E-state index is 13.4. The zero-order chi connectivity index (χ0) is 22.0. The van der Waals surface area contributed by atoms with Crippen LogP contribution in [0.2, 0.25) is 0 Å². The van der Waals surface area contributed by atoms with Gasteiger partial charge in [-0.2, -0.15) is 0 Å². The zero-order valence-corrected chi connectivity index (χ0v) is 17.1. The quantitative estimate of drug-likeness (QED) is 0.371. The number of anilines is 2. The van der Waals surface area contributed by atoms with Crippen molar-refractivity contribution in [3.05, 3.63) is 54.6 Å². The minimum absolute atomic E-state index is 0.0294. The van der Waals surface area contributed by atoms with Crippen LogP contribution in [0.1, 0.15) is 13.8 Å². The van der Waals surface area contributed by atoms with Gasteiger partial charge >= 0.3 is 0 Å². The molecule has 158 valence electrons. The summed E-state index contributed by atoms with van der Waals surface area (Å²) in [5, 5.41) is 13.2. The van der Waals surface area contributed by atoms with Crippen LogP contribution in [0.3, 0.4) is 0 Å². The van der Waals surface area contributed by atoms with Crippen molar-refractivity contribution >= 4 is 11.8 Å². The Balaban J connectivity index is 1.83. The van der Waals surface area contributed by atoms with E-state index in [9.17, 15) is 9.50 Å². The molecule has 9 heteroatoms. The first-order valence-corrected chi connectivity index (χ1v) is 9.79. The molecule has 0 amide bonds. The monoisotopic (exact) mass is 419 g/mol. The van der Waals surface area contributed by atoms with E-state index in [-0.39, 0.29) is 17.4 Å². The van der Waals surface area contributed by atoms with E-state index in [0.717, 1.165) is 6.54 Å². The summed E-state index contributed by atoms with van der Waals surface area (Å²) in [4.78, 5) is 20.8. The molecule has 0 saturated carbocycles. The molecule has 3 aromatic heterocycles. The first kappa shape index (κ1) is 20.3. The molecule has 0 saturated heterocycles. The van der Waals surface area contributed by atoms with Crippen LogP contribution in [-0.2, 0) is 0 Å². The lowest BCUT2D eigenvalue weighted by molar-refractivity contribution is 0.476. The normalized spacial score (nSPS) is 11.1. The number of halogens is 1. The van der Waals surface area contributed by atoms with Gasteiger partial charge in [-0.15, -0.1) is 0 Å². The summed E-state index contributed by atoms with van der Waals surface area (Å²) in [6.07, 6.45) is 3.19. The molecule has 0 fully saturated rings. The molecule has 0 radical (unpaired) electrons. The van der Waals surface area contributed by atoms with Crippen LogP contribution in [-0.4, -0.2) is 36.6 Å². The number of aromatic hydroxyl groups is 1. The molecule has 5 N–H and O–H groups in total. The van der Waals surface area contributed by atoms with Gasteiger partial charge in [-0.05, 0) is 42.3 Å². The third kappa shape index (κ3) is 4.45. The molecule has 4 rings (SSSR count). The number of rotatable bonds is 6. The number of hydrogen-bond donors (Lipinski definition) is 4. The number of nitrogens with two attached hydrogens (primary N) is 1. The van der Waals surface area contributed by atoms with E-state index in [2.05, 4.69) is 44.1 Å². The van der Waals surface area contributed by atoms with Crippen LogP contribution in [0.25, 0.3) is 34.0 Å². The standard InChI is InChI=1S/C22H22FN7O/c1-12(2)10-27-22-25-8-7-16(28-22)19-18(14-9-17(31)20(24)26-11-14)29-21(30-19)13-3-5-15(23)6-4-13/h3-9,11-12,31H,10H2,1-2H3,(H2,24,26)(H,29,30)(H,25,27,28). The first-order chi connectivity index (χ1) is 14.9. The molecular formula is C22H22FN7O. The van der Waals surface area contributed by atoms with Gasteiger partial charge in [-0.3, -0.25) is 0 Å². The Morgan fingerprint density at radius 1 is 1.10 bits per heavy atom. The number of aromatic amines is 1. The molecule has 0 aliphatic carbocycles. The summed E-state index contributed by atoms with van der Waals surface area (Å²) >= 11 is 0. The van der Waals surface area contributed by atoms with Crippen molar-refractivity contribution in [2.75, 3.05) is 17.6 Å². The largest absolute Gasteiger partial charge is 0.504 e. The van der Waals surface area contributed by atoms with E-state index < -0.39 is 0 Å². The molecule has 0 aliphatic rings. The predicted octanol–water partition coefficient (Wildman–Crippen LogP) is 4.09. The summed E-state index contributed by atoms with van der Waals surface area (Å²) in [7, 11) is 0. The Morgan fingerprint density at radius 3 is 2.58 bits per heavy atom. The van der Waals surface area contributed by atoms with Gasteiger partial charge in [0.2, 0.25) is 5.95 Å². The minimum Gasteiger partial charge on any atom is -0.504 e. The molecule has 0 unspecified atom stereocenters. The Hall–Kier alpha value is -4.01. The highest BCUT2D eigenvalue weighted by Crippen LogP contribution is 2.34. The van der Waals surface area contributed by atoms with Crippen molar-refractivity contribution in [1.82, 2.24) is 24.9 Å². The van der Waals surface area contributed by atoms with Crippen LogP contribution in [0.4, 0.5) is 16.2 Å². The maximum Gasteiger partial charge on any atom is 0.223 e. The number of H-pyrrole nitrogens is 1. The highest BCUT2D eigenvalue weighted by Gasteiger charge is 2.18. The Kier molecular flexibility index (Phi) is 5.48. The van der Waals surface area contributed by atoms with Crippen molar-refractivity contribution in [3.63, 3.8) is 0 Å². The average molecular weight is 419 g/mol. The molecule has 0 bridgehead atoms. The van der Waals surface area contributed by atoms with E-state index >= 15 is 0 Å². The van der Waals surface area contributed by atoms with Gasteiger partial charge in [0.25, 0.3) is 0 Å². The fourth-order valence-electron chi connectivity index (χ4n) is 2.98. The van der Waals surface area contributed by atoms with Gasteiger partial charge in [-0.1, -0.05) is 13.8 Å². The SMILES string of the molecule is CC(C)CNc1nccc(-c2[nH]c(-c3ccc(F)cc3)nc2-c2cnc(N)c(O)c2)n1. The van der Waals surface area contributed by atoms with E-state index in [4.69, 9.17) is 5.73 Å². The number of pyridine rings is 1. The van der Waals surface area contributed by atoms with Gasteiger partial charge < -0.3 is 21.1 Å². The predicted molar refractivity (Wildman–Crippen MR) is 118 cm³/mol. The molecule has 3 heterocycles. The van der Waals surface area contributed by atoms with E-state index in [1.807, 2.05) is 0 Å². The second kappa shape index (κ2) is 8.39. The lowest BCUT2D eigenvalue weighted by Crippen LogP contribution is -2.10. The summed E-state index contributed by atoms with van der Waals surface area (Å²) in [6.45, 7) is 4.93. The van der Waals surface area contributed by atoms with Gasteiger partial charge in [0.1, 0.15) is 17.3 Å². The molecule has 0 spiro atoms. The van der Waals surface area contributed by atoms with Crippen molar-refractivity contribution in [1.29, 1.82) is 0 Å². The van der Waals surface area contributed by atoms with Crippen molar-refractivity contribution < 1.29 is 9.50 Å². The Morgan fingerprint density at radius 2 is 1.87 bits per heavy atom. The second-order valence-electron chi connectivity index (χ2n) is 7.48. The van der Waals surface area contributed by atoms with E-state index in [0.29, 0.717) is 45.9 Å². The number of imidazole rings is 1. The van der Waals surface area contributed by atoms with E-state index in [1.165, 1.54) is 24.4 Å². The molecule has 31 heavy (non-hydrogen) atoms. The second-order valence-corrected chi connectivity index (χ2v) is 7.48. The number of benzene rings is 1. The van der Waals surface area contributed by atoms with Crippen LogP contribution in [0, 0.1) is 11.7 Å². The average Bonchev–Trinajstić information content (AvgIpc) is 3.20. The number of nitrogens with zero attached hydrogens (tertiary/aromatic N) is 4. The highest BCUT2D eigenvalue weighted by molar-refractivity contribution is 5.80. The maximum absolute atomic E-state index is 13.4. The molecular weight excluding hydrogens is 397 g/mol. The summed E-state index contributed by atoms with van der Waals surface area (Å²) in [5.41, 5.74) is 8.65. The van der Waals surface area contributed by atoms with Crippen molar-refractivity contribution in [3.8, 4) is 39.8 Å². The Bertz CT molecular complexity index is 1200. The minimum atomic E-state index is -0.333. The molecule has 1 aromatic carbocycles.